The van der Waals surface area contributed by atoms with Crippen molar-refractivity contribution in [3.05, 3.63) is 24.0 Å². The van der Waals surface area contributed by atoms with E-state index in [9.17, 15) is 4.79 Å². The van der Waals surface area contributed by atoms with Gasteiger partial charge in [-0.05, 0) is 25.0 Å². The van der Waals surface area contributed by atoms with Gasteiger partial charge in [-0.25, -0.2) is 9.78 Å². The molecular weight excluding hydrogens is 254 g/mol. The van der Waals surface area contributed by atoms with E-state index in [0.717, 1.165) is 31.6 Å². The fourth-order valence-corrected chi connectivity index (χ4v) is 1.99. The van der Waals surface area contributed by atoms with Crippen LogP contribution in [0.1, 0.15) is 23.3 Å². The molecule has 2 rings (SSSR count). The van der Waals surface area contributed by atoms with E-state index in [1.807, 2.05) is 6.07 Å². The van der Waals surface area contributed by atoms with Crippen molar-refractivity contribution >= 4 is 24.1 Å². The van der Waals surface area contributed by atoms with Crippen LogP contribution in [0.15, 0.2) is 18.3 Å². The lowest BCUT2D eigenvalue weighted by Crippen LogP contribution is -2.39. The number of nitrogens with zero attached hydrogens (tertiary/aromatic N) is 2. The minimum Gasteiger partial charge on any atom is -0.464 e. The minimum absolute atomic E-state index is 0. The highest BCUT2D eigenvalue weighted by Gasteiger charge is 2.17. The molecule has 1 saturated heterocycles. The van der Waals surface area contributed by atoms with Crippen molar-refractivity contribution in [2.75, 3.05) is 25.1 Å². The molecule has 2 heterocycles. The second-order valence-corrected chi connectivity index (χ2v) is 4.22. The van der Waals surface area contributed by atoms with Crippen LogP contribution in [-0.4, -0.2) is 37.2 Å². The second-order valence-electron chi connectivity index (χ2n) is 4.22. The molecule has 1 aromatic rings. The summed E-state index contributed by atoms with van der Waals surface area (Å²) in [5, 5.41) is 0. The molecule has 2 N–H and O–H groups in total. The van der Waals surface area contributed by atoms with Gasteiger partial charge in [0, 0.05) is 31.0 Å². The van der Waals surface area contributed by atoms with Crippen LogP contribution in [-0.2, 0) is 4.74 Å². The van der Waals surface area contributed by atoms with E-state index in [4.69, 9.17) is 5.73 Å². The third-order valence-electron chi connectivity index (χ3n) is 3.04. The monoisotopic (exact) mass is 271 g/mol. The van der Waals surface area contributed by atoms with Gasteiger partial charge in [-0.15, -0.1) is 12.4 Å². The smallest absolute Gasteiger partial charge is 0.356 e. The van der Waals surface area contributed by atoms with Crippen LogP contribution in [0.4, 0.5) is 5.69 Å². The molecule has 0 spiro atoms. The van der Waals surface area contributed by atoms with E-state index in [1.54, 1.807) is 12.3 Å². The topological polar surface area (TPSA) is 68.5 Å². The van der Waals surface area contributed by atoms with E-state index < -0.39 is 5.97 Å². The van der Waals surface area contributed by atoms with Crippen LogP contribution >= 0.6 is 12.4 Å². The number of ether oxygens (including phenoxy) is 1. The Morgan fingerprint density at radius 1 is 1.50 bits per heavy atom. The lowest BCUT2D eigenvalue weighted by atomic mass is 10.1. The molecule has 0 saturated carbocycles. The zero-order chi connectivity index (χ0) is 12.3. The molecule has 0 unspecified atom stereocenters. The maximum Gasteiger partial charge on any atom is 0.356 e. The number of carbonyl (C=O) groups excluding carboxylic acids is 1. The van der Waals surface area contributed by atoms with Crippen LogP contribution < -0.4 is 10.6 Å². The first-order valence-electron chi connectivity index (χ1n) is 5.75. The van der Waals surface area contributed by atoms with E-state index >= 15 is 0 Å². The number of hydrogen-bond acceptors (Lipinski definition) is 5. The van der Waals surface area contributed by atoms with Gasteiger partial charge in [0.05, 0.1) is 7.11 Å². The van der Waals surface area contributed by atoms with Crippen molar-refractivity contribution in [1.82, 2.24) is 4.98 Å². The highest BCUT2D eigenvalue weighted by atomic mass is 35.5. The summed E-state index contributed by atoms with van der Waals surface area (Å²) in [5.74, 6) is -0.402. The van der Waals surface area contributed by atoms with Gasteiger partial charge in [0.2, 0.25) is 0 Å². The number of pyridine rings is 1. The summed E-state index contributed by atoms with van der Waals surface area (Å²) in [6.45, 7) is 1.84. The molecule has 1 aliphatic heterocycles. The highest BCUT2D eigenvalue weighted by molar-refractivity contribution is 5.88. The van der Waals surface area contributed by atoms with Crippen molar-refractivity contribution in [3.8, 4) is 0 Å². The molecule has 0 atom stereocenters. The summed E-state index contributed by atoms with van der Waals surface area (Å²) >= 11 is 0. The van der Waals surface area contributed by atoms with Gasteiger partial charge in [-0.3, -0.25) is 0 Å². The van der Waals surface area contributed by atoms with E-state index in [2.05, 4.69) is 14.6 Å². The van der Waals surface area contributed by atoms with Gasteiger partial charge in [-0.1, -0.05) is 0 Å². The maximum atomic E-state index is 11.4. The average molecular weight is 272 g/mol. The Balaban J connectivity index is 0.00000162. The van der Waals surface area contributed by atoms with Crippen LogP contribution in [0, 0.1) is 0 Å². The van der Waals surface area contributed by atoms with Gasteiger partial charge in [-0.2, -0.15) is 0 Å². The zero-order valence-corrected chi connectivity index (χ0v) is 11.2. The Morgan fingerprint density at radius 3 is 2.78 bits per heavy atom. The standard InChI is InChI=1S/C12H17N3O2.ClH/c1-17-12(16)11-8-10(2-5-14-11)15-6-3-9(13)4-7-15;/h2,5,8-9H,3-4,6-7,13H2,1H3;1H. The molecule has 1 fully saturated rings. The molecule has 0 aromatic carbocycles. The quantitative estimate of drug-likeness (QED) is 0.819. The zero-order valence-electron chi connectivity index (χ0n) is 10.3. The molecule has 1 aromatic heterocycles. The fraction of sp³-hybridized carbons (Fsp3) is 0.500. The summed E-state index contributed by atoms with van der Waals surface area (Å²) in [7, 11) is 1.36. The lowest BCUT2D eigenvalue weighted by Gasteiger charge is -2.32. The molecule has 6 heteroatoms. The van der Waals surface area contributed by atoms with Crippen molar-refractivity contribution in [2.24, 2.45) is 5.73 Å². The Labute approximate surface area is 113 Å². The van der Waals surface area contributed by atoms with E-state index in [-0.39, 0.29) is 12.4 Å². The number of carbonyl (C=O) groups is 1. The second kappa shape index (κ2) is 6.56. The molecule has 0 aliphatic carbocycles. The number of halogens is 1. The first-order valence-corrected chi connectivity index (χ1v) is 5.75. The molecule has 1 aliphatic rings. The third kappa shape index (κ3) is 3.34. The number of aromatic nitrogens is 1. The summed E-state index contributed by atoms with van der Waals surface area (Å²) in [5.41, 5.74) is 7.22. The summed E-state index contributed by atoms with van der Waals surface area (Å²) in [4.78, 5) is 17.6. The number of hydrogen-bond donors (Lipinski definition) is 1. The molecule has 100 valence electrons. The first kappa shape index (κ1) is 14.7. The molecule has 5 nitrogen and oxygen atoms in total. The number of rotatable bonds is 2. The minimum atomic E-state index is -0.402. The maximum absolute atomic E-state index is 11.4. The van der Waals surface area contributed by atoms with Crippen LogP contribution in [0.2, 0.25) is 0 Å². The Bertz CT molecular complexity index is 406. The highest BCUT2D eigenvalue weighted by Crippen LogP contribution is 2.19. The summed E-state index contributed by atoms with van der Waals surface area (Å²) in [6, 6.07) is 3.97. The summed E-state index contributed by atoms with van der Waals surface area (Å²) < 4.78 is 4.66. The van der Waals surface area contributed by atoms with Gasteiger partial charge in [0.15, 0.2) is 0 Å². The van der Waals surface area contributed by atoms with Crippen LogP contribution in [0.25, 0.3) is 0 Å². The number of anilines is 1. The first-order chi connectivity index (χ1) is 8.20. The molecular formula is C12H18ClN3O2. The Morgan fingerprint density at radius 2 is 2.17 bits per heavy atom. The van der Waals surface area contributed by atoms with Gasteiger partial charge in [0.25, 0.3) is 0 Å². The molecule has 18 heavy (non-hydrogen) atoms. The van der Waals surface area contributed by atoms with Crippen molar-refractivity contribution in [1.29, 1.82) is 0 Å². The van der Waals surface area contributed by atoms with Crippen molar-refractivity contribution < 1.29 is 9.53 Å². The molecule has 0 bridgehead atoms. The number of nitrogens with two attached hydrogens (primary N) is 1. The lowest BCUT2D eigenvalue weighted by molar-refractivity contribution is 0.0594. The van der Waals surface area contributed by atoms with Crippen LogP contribution in [0.3, 0.4) is 0 Å². The fourth-order valence-electron chi connectivity index (χ4n) is 1.99. The summed E-state index contributed by atoms with van der Waals surface area (Å²) in [6.07, 6.45) is 3.60. The Hall–Kier alpha value is -1.33. The number of esters is 1. The largest absolute Gasteiger partial charge is 0.464 e. The SMILES string of the molecule is COC(=O)c1cc(N2CCC(N)CC2)ccn1.Cl. The van der Waals surface area contributed by atoms with Crippen molar-refractivity contribution in [2.45, 2.75) is 18.9 Å². The van der Waals surface area contributed by atoms with E-state index in [0.29, 0.717) is 11.7 Å². The normalized spacial score (nSPS) is 16.0. The number of methoxy groups -OCH3 is 1. The van der Waals surface area contributed by atoms with Crippen LogP contribution in [0.5, 0.6) is 0 Å². The van der Waals surface area contributed by atoms with Gasteiger partial charge in [0.1, 0.15) is 5.69 Å². The van der Waals surface area contributed by atoms with Gasteiger partial charge < -0.3 is 15.4 Å². The predicted molar refractivity (Wildman–Crippen MR) is 72.2 cm³/mol. The van der Waals surface area contributed by atoms with Gasteiger partial charge >= 0.3 is 5.97 Å². The van der Waals surface area contributed by atoms with E-state index in [1.165, 1.54) is 7.11 Å². The molecule has 0 radical (unpaired) electrons. The third-order valence-corrected chi connectivity index (χ3v) is 3.04. The predicted octanol–water partition coefficient (Wildman–Crippen LogP) is 1.22. The average Bonchev–Trinajstić information content (AvgIpc) is 2.39. The molecule has 0 amide bonds. The Kier molecular flexibility index (Phi) is 5.37. The van der Waals surface area contributed by atoms with Crippen molar-refractivity contribution in [3.63, 3.8) is 0 Å². The number of piperidine rings is 1.